The second-order valence-electron chi connectivity index (χ2n) is 4.69. The number of aliphatic carboxylic acids is 1. The molecule has 1 atom stereocenters. The Morgan fingerprint density at radius 1 is 1.25 bits per heavy atom. The van der Waals surface area contributed by atoms with Crippen molar-refractivity contribution in [3.8, 4) is 0 Å². The molecule has 0 bridgehead atoms. The van der Waals surface area contributed by atoms with E-state index in [-0.39, 0.29) is 42.0 Å². The first kappa shape index (κ1) is 16.4. The maximum Gasteiger partial charge on any atom is 1.00 e. The average Bonchev–Trinajstić information content (AvgIpc) is 2.08. The number of nitrogens with one attached hydrogen (secondary N) is 1. The minimum atomic E-state index is -0.958. The Hall–Kier alpha value is 0.430. The summed E-state index contributed by atoms with van der Waals surface area (Å²) >= 11 is 0. The zero-order valence-electron chi connectivity index (χ0n) is 10.6. The Balaban J connectivity index is 0.00000225. The largest absolute Gasteiger partial charge is 1.00 e. The molecule has 1 aliphatic carbocycles. The van der Waals surface area contributed by atoms with E-state index >= 15 is 0 Å². The monoisotopic (exact) mass is 235 g/mol. The predicted molar refractivity (Wildman–Crippen MR) is 58.3 cm³/mol. The smallest absolute Gasteiger partial charge is 0.550 e. The summed E-state index contributed by atoms with van der Waals surface area (Å²) in [5, 5.41) is 13.8. The number of carboxylic acid groups (broad SMARTS) is 1. The van der Waals surface area contributed by atoms with Crippen LogP contribution in [-0.4, -0.2) is 18.1 Å². The van der Waals surface area contributed by atoms with Crippen LogP contribution in [0.15, 0.2) is 0 Å². The molecule has 3 nitrogen and oxygen atoms in total. The van der Waals surface area contributed by atoms with Crippen molar-refractivity contribution in [3.05, 3.63) is 0 Å². The molecule has 4 heteroatoms. The number of carbonyl (C=O) groups excluding carboxylic acids is 1. The van der Waals surface area contributed by atoms with Gasteiger partial charge in [-0.3, -0.25) is 0 Å². The van der Waals surface area contributed by atoms with Crippen LogP contribution < -0.4 is 40.0 Å². The molecule has 0 amide bonds. The molecule has 0 heterocycles. The summed E-state index contributed by atoms with van der Waals surface area (Å²) in [7, 11) is 0. The van der Waals surface area contributed by atoms with Gasteiger partial charge in [0.2, 0.25) is 0 Å². The minimum Gasteiger partial charge on any atom is -0.550 e. The fourth-order valence-electron chi connectivity index (χ4n) is 2.33. The summed E-state index contributed by atoms with van der Waals surface area (Å²) in [5.74, 6) is -0.958. The van der Waals surface area contributed by atoms with Gasteiger partial charge in [0.1, 0.15) is 0 Å². The van der Waals surface area contributed by atoms with Crippen LogP contribution in [0.4, 0.5) is 0 Å². The van der Waals surface area contributed by atoms with E-state index < -0.39 is 5.97 Å². The van der Waals surface area contributed by atoms with Crippen molar-refractivity contribution in [1.29, 1.82) is 0 Å². The normalized spacial score (nSPS) is 20.3. The van der Waals surface area contributed by atoms with E-state index in [0.717, 1.165) is 0 Å². The quantitative estimate of drug-likeness (QED) is 0.586. The topological polar surface area (TPSA) is 52.2 Å². The van der Waals surface area contributed by atoms with Gasteiger partial charge in [0.15, 0.2) is 0 Å². The van der Waals surface area contributed by atoms with Crippen molar-refractivity contribution < 1.29 is 39.5 Å². The number of carbonyl (C=O) groups is 1. The maximum absolute atomic E-state index is 10.4. The van der Waals surface area contributed by atoms with E-state index in [1.165, 1.54) is 44.9 Å². The number of hydrogen-bond acceptors (Lipinski definition) is 3. The molecule has 0 aromatic rings. The van der Waals surface area contributed by atoms with Crippen LogP contribution in [0.1, 0.15) is 58.3 Å². The Kier molecular flexibility index (Phi) is 9.71. The van der Waals surface area contributed by atoms with Gasteiger partial charge in [-0.2, -0.15) is 0 Å². The molecule has 0 saturated heterocycles. The van der Waals surface area contributed by atoms with Gasteiger partial charge in [-0.05, 0) is 19.8 Å². The second kappa shape index (κ2) is 9.46. The molecule has 16 heavy (non-hydrogen) atoms. The van der Waals surface area contributed by atoms with E-state index in [1.54, 1.807) is 0 Å². The van der Waals surface area contributed by atoms with Gasteiger partial charge in [0, 0.05) is 24.5 Å². The summed E-state index contributed by atoms with van der Waals surface area (Å²) in [5.41, 5.74) is 0. The van der Waals surface area contributed by atoms with Crippen LogP contribution in [0.5, 0.6) is 0 Å². The number of rotatable bonds is 4. The fourth-order valence-corrected chi connectivity index (χ4v) is 2.33. The van der Waals surface area contributed by atoms with E-state index in [0.29, 0.717) is 6.04 Å². The Morgan fingerprint density at radius 2 is 1.75 bits per heavy atom. The fraction of sp³-hybridized carbons (Fsp3) is 0.917. The third-order valence-electron chi connectivity index (χ3n) is 3.10. The van der Waals surface area contributed by atoms with Crippen LogP contribution in [0.25, 0.3) is 0 Å². The van der Waals surface area contributed by atoms with Crippen molar-refractivity contribution in [3.63, 3.8) is 0 Å². The van der Waals surface area contributed by atoms with E-state index in [2.05, 4.69) is 5.32 Å². The van der Waals surface area contributed by atoms with Gasteiger partial charge in [-0.25, -0.2) is 0 Å². The molecule has 1 aliphatic rings. The van der Waals surface area contributed by atoms with Crippen LogP contribution in [0.2, 0.25) is 0 Å². The molecule has 1 N–H and O–H groups in total. The van der Waals surface area contributed by atoms with Crippen LogP contribution in [0, 0.1) is 0 Å². The Morgan fingerprint density at radius 3 is 2.25 bits per heavy atom. The molecule has 88 valence electrons. The number of carboxylic acids is 1. The molecule has 1 unspecified atom stereocenters. The van der Waals surface area contributed by atoms with E-state index in [4.69, 9.17) is 0 Å². The van der Waals surface area contributed by atoms with Crippen LogP contribution >= 0.6 is 0 Å². The molecule has 0 radical (unpaired) electrons. The SMILES string of the molecule is CC(CC(=O)[O-])NC1CCCCCCC1.[Na+]. The first-order valence-electron chi connectivity index (χ1n) is 6.14. The molecule has 1 rings (SSSR count). The third kappa shape index (κ3) is 7.66. The second-order valence-corrected chi connectivity index (χ2v) is 4.69. The van der Waals surface area contributed by atoms with Gasteiger partial charge in [0.05, 0.1) is 0 Å². The summed E-state index contributed by atoms with van der Waals surface area (Å²) in [6.07, 6.45) is 9.07. The standard InChI is InChI=1S/C12H23NO2.Na/c1-10(9-12(14)15)13-11-7-5-3-2-4-6-8-11;/h10-11,13H,2-9H2,1H3,(H,14,15);/q;+1/p-1. The molecule has 1 fully saturated rings. The molecule has 0 aliphatic heterocycles. The maximum atomic E-state index is 10.4. The van der Waals surface area contributed by atoms with Crippen molar-refractivity contribution >= 4 is 5.97 Å². The molecule has 0 aromatic carbocycles. The average molecular weight is 235 g/mol. The third-order valence-corrected chi connectivity index (χ3v) is 3.10. The van der Waals surface area contributed by atoms with Crippen molar-refractivity contribution in [1.82, 2.24) is 5.32 Å². The van der Waals surface area contributed by atoms with Gasteiger partial charge in [0.25, 0.3) is 0 Å². The predicted octanol–water partition coefficient (Wildman–Crippen LogP) is -1.78. The first-order valence-corrected chi connectivity index (χ1v) is 6.14. The van der Waals surface area contributed by atoms with Crippen LogP contribution in [0.3, 0.4) is 0 Å². The Bertz CT molecular complexity index is 191. The van der Waals surface area contributed by atoms with Crippen molar-refractivity contribution in [2.45, 2.75) is 70.4 Å². The van der Waals surface area contributed by atoms with Crippen LogP contribution in [-0.2, 0) is 4.79 Å². The van der Waals surface area contributed by atoms with Crippen molar-refractivity contribution in [2.75, 3.05) is 0 Å². The molecular weight excluding hydrogens is 213 g/mol. The van der Waals surface area contributed by atoms with Gasteiger partial charge in [-0.15, -0.1) is 0 Å². The number of hydrogen-bond donors (Lipinski definition) is 1. The zero-order valence-corrected chi connectivity index (χ0v) is 12.6. The molecular formula is C12H22NNaO2. The first-order chi connectivity index (χ1) is 7.18. The molecule has 0 aromatic heterocycles. The Labute approximate surface area is 121 Å². The summed E-state index contributed by atoms with van der Waals surface area (Å²) < 4.78 is 0. The van der Waals surface area contributed by atoms with Gasteiger partial charge in [-0.1, -0.05) is 32.1 Å². The van der Waals surface area contributed by atoms with E-state index in [1.807, 2.05) is 6.92 Å². The molecule has 0 spiro atoms. The van der Waals surface area contributed by atoms with Gasteiger partial charge >= 0.3 is 29.6 Å². The summed E-state index contributed by atoms with van der Waals surface area (Å²) in [6.45, 7) is 1.93. The summed E-state index contributed by atoms with van der Waals surface area (Å²) in [4.78, 5) is 10.4. The molecule has 1 saturated carbocycles. The zero-order chi connectivity index (χ0) is 11.1. The van der Waals surface area contributed by atoms with E-state index in [9.17, 15) is 9.90 Å². The minimum absolute atomic E-state index is 0. The van der Waals surface area contributed by atoms with Crippen molar-refractivity contribution in [2.24, 2.45) is 0 Å². The van der Waals surface area contributed by atoms with Gasteiger partial charge < -0.3 is 15.2 Å². The summed E-state index contributed by atoms with van der Waals surface area (Å²) in [6, 6.07) is 0.555.